The first-order valence-electron chi connectivity index (χ1n) is 11.2. The first-order valence-corrected chi connectivity index (χ1v) is 12.2. The van der Waals surface area contributed by atoms with Gasteiger partial charge in [-0.25, -0.2) is 0 Å². The number of carbonyl (C=O) groups excluding carboxylic acids is 1. The highest BCUT2D eigenvalue weighted by Crippen LogP contribution is 2.32. The molecule has 10 heteroatoms. The smallest absolute Gasteiger partial charge is 0.306 e. The highest BCUT2D eigenvalue weighted by atomic mass is 32.2. The Balaban J connectivity index is 1.64. The van der Waals surface area contributed by atoms with Crippen LogP contribution >= 0.6 is 11.8 Å². The molecule has 4 rings (SSSR count). The lowest BCUT2D eigenvalue weighted by atomic mass is 10.0. The Morgan fingerprint density at radius 2 is 1.83 bits per heavy atom. The van der Waals surface area contributed by atoms with Gasteiger partial charge in [0.15, 0.2) is 11.0 Å². The van der Waals surface area contributed by atoms with Crippen molar-refractivity contribution in [3.05, 3.63) is 93.8 Å². The van der Waals surface area contributed by atoms with E-state index in [1.165, 1.54) is 17.8 Å². The lowest BCUT2D eigenvalue weighted by Gasteiger charge is -2.17. The summed E-state index contributed by atoms with van der Waals surface area (Å²) in [5, 5.41) is 22.9. The van der Waals surface area contributed by atoms with Crippen molar-refractivity contribution in [3.63, 3.8) is 0 Å². The molecule has 0 unspecified atom stereocenters. The molecular weight excluding hydrogens is 481 g/mol. The molecule has 8 nitrogen and oxygen atoms in total. The minimum Gasteiger partial charge on any atom is -0.325 e. The summed E-state index contributed by atoms with van der Waals surface area (Å²) >= 11 is 1.19. The van der Waals surface area contributed by atoms with E-state index in [0.717, 1.165) is 34.5 Å². The number of aryl methyl sites for hydroxylation is 1. The van der Waals surface area contributed by atoms with Crippen LogP contribution in [-0.4, -0.2) is 31.3 Å². The highest BCUT2D eigenvalue weighted by molar-refractivity contribution is 7.99. The van der Waals surface area contributed by atoms with Gasteiger partial charge in [-0.1, -0.05) is 73.6 Å². The number of nitrogens with zero attached hydrogens (tertiary/aromatic N) is 4. The average Bonchev–Trinajstić information content (AvgIpc) is 3.28. The number of halogens is 1. The molecule has 0 spiro atoms. The van der Waals surface area contributed by atoms with Gasteiger partial charge in [0.1, 0.15) is 0 Å². The van der Waals surface area contributed by atoms with Crippen LogP contribution in [0, 0.1) is 22.9 Å². The topological polar surface area (TPSA) is 103 Å². The van der Waals surface area contributed by atoms with Crippen molar-refractivity contribution < 1.29 is 14.1 Å². The number of thioether (sulfide) groups is 1. The maximum Gasteiger partial charge on any atom is 0.306 e. The predicted octanol–water partition coefficient (Wildman–Crippen LogP) is 6.14. The molecule has 3 aromatic carbocycles. The van der Waals surface area contributed by atoms with E-state index >= 15 is 0 Å². The molecule has 0 saturated carbocycles. The number of para-hydroxylation sites is 1. The number of amides is 1. The number of nitro groups is 1. The molecule has 1 aromatic heterocycles. The van der Waals surface area contributed by atoms with Crippen molar-refractivity contribution in [2.45, 2.75) is 31.8 Å². The van der Waals surface area contributed by atoms with Crippen LogP contribution in [0.3, 0.4) is 0 Å². The first kappa shape index (κ1) is 25.1. The van der Waals surface area contributed by atoms with Gasteiger partial charge in [0.2, 0.25) is 11.7 Å². The molecule has 0 aliphatic carbocycles. The maximum atomic E-state index is 13.6. The minimum absolute atomic E-state index is 0.0267. The summed E-state index contributed by atoms with van der Waals surface area (Å²) in [5.41, 5.74) is 3.48. The van der Waals surface area contributed by atoms with Gasteiger partial charge in [-0.2, -0.15) is 4.39 Å². The number of anilines is 1. The van der Waals surface area contributed by atoms with E-state index < -0.39 is 22.3 Å². The Hall–Kier alpha value is -4.05. The number of benzene rings is 3. The maximum absolute atomic E-state index is 13.6. The van der Waals surface area contributed by atoms with Gasteiger partial charge in [-0.05, 0) is 36.6 Å². The summed E-state index contributed by atoms with van der Waals surface area (Å²) in [5.74, 6) is -0.511. The van der Waals surface area contributed by atoms with E-state index in [9.17, 15) is 19.3 Å². The molecule has 184 valence electrons. The van der Waals surface area contributed by atoms with Gasteiger partial charge in [0.25, 0.3) is 0 Å². The molecule has 0 bridgehead atoms. The van der Waals surface area contributed by atoms with Gasteiger partial charge in [-0.3, -0.25) is 19.5 Å². The normalized spacial score (nSPS) is 11.0. The summed E-state index contributed by atoms with van der Waals surface area (Å²) in [6.45, 7) is 6.23. The zero-order valence-corrected chi connectivity index (χ0v) is 20.8. The summed E-state index contributed by atoms with van der Waals surface area (Å²) in [4.78, 5) is 22.8. The minimum atomic E-state index is -0.965. The van der Waals surface area contributed by atoms with Gasteiger partial charge < -0.3 is 5.32 Å². The SMILES string of the molecule is Cc1ccc(-c2nnc(SCC(=O)Nc3ccc(F)c([N+](=O)[O-])c3)n2-c2ccccc2C(C)C)cc1. The fraction of sp³-hybridized carbons (Fsp3) is 0.192. The van der Waals surface area contributed by atoms with Gasteiger partial charge in [0, 0.05) is 17.3 Å². The van der Waals surface area contributed by atoms with Crippen LogP contribution in [0.25, 0.3) is 17.1 Å². The molecule has 1 amide bonds. The van der Waals surface area contributed by atoms with Gasteiger partial charge in [-0.15, -0.1) is 10.2 Å². The zero-order valence-electron chi connectivity index (χ0n) is 19.9. The van der Waals surface area contributed by atoms with Crippen molar-refractivity contribution in [1.82, 2.24) is 14.8 Å². The second-order valence-electron chi connectivity index (χ2n) is 8.48. The van der Waals surface area contributed by atoms with Crippen molar-refractivity contribution in [2.75, 3.05) is 11.1 Å². The van der Waals surface area contributed by atoms with Crippen LogP contribution in [0.15, 0.2) is 71.9 Å². The Morgan fingerprint density at radius 3 is 2.53 bits per heavy atom. The fourth-order valence-corrected chi connectivity index (χ4v) is 4.45. The number of hydrogen-bond donors (Lipinski definition) is 1. The van der Waals surface area contributed by atoms with E-state index in [-0.39, 0.29) is 17.4 Å². The Morgan fingerprint density at radius 1 is 1.11 bits per heavy atom. The Bertz CT molecular complexity index is 1420. The van der Waals surface area contributed by atoms with Crippen LogP contribution < -0.4 is 5.32 Å². The first-order chi connectivity index (χ1) is 17.2. The summed E-state index contributed by atoms with van der Waals surface area (Å²) in [7, 11) is 0. The number of aromatic nitrogens is 3. The molecule has 36 heavy (non-hydrogen) atoms. The molecule has 4 aromatic rings. The monoisotopic (exact) mass is 505 g/mol. The van der Waals surface area contributed by atoms with Gasteiger partial charge in [0.05, 0.1) is 16.4 Å². The molecule has 0 aliphatic heterocycles. The number of rotatable bonds is 8. The standard InChI is InChI=1S/C26H24FN5O3S/c1-16(2)20-6-4-5-7-22(20)31-25(18-10-8-17(3)9-11-18)29-30-26(31)36-15-24(33)28-19-12-13-21(27)23(14-19)32(34)35/h4-14,16H,15H2,1-3H3,(H,28,33). The number of carbonyl (C=O) groups is 1. The van der Waals surface area contributed by atoms with Crippen molar-refractivity contribution in [3.8, 4) is 17.1 Å². The molecular formula is C26H24FN5O3S. The predicted molar refractivity (Wildman–Crippen MR) is 138 cm³/mol. The largest absolute Gasteiger partial charge is 0.325 e. The van der Waals surface area contributed by atoms with Crippen molar-refractivity contribution >= 4 is 29.0 Å². The van der Waals surface area contributed by atoms with E-state index in [4.69, 9.17) is 0 Å². The summed E-state index contributed by atoms with van der Waals surface area (Å²) in [6, 6.07) is 19.2. The molecule has 0 radical (unpaired) electrons. The molecule has 0 saturated heterocycles. The third kappa shape index (κ3) is 5.44. The number of hydrogen-bond acceptors (Lipinski definition) is 6. The van der Waals surface area contributed by atoms with E-state index in [2.05, 4.69) is 35.4 Å². The van der Waals surface area contributed by atoms with Crippen LogP contribution in [-0.2, 0) is 4.79 Å². The third-order valence-corrected chi connectivity index (χ3v) is 6.43. The molecule has 1 heterocycles. The second-order valence-corrected chi connectivity index (χ2v) is 9.42. The summed E-state index contributed by atoms with van der Waals surface area (Å²) in [6.07, 6.45) is 0. The molecule has 0 fully saturated rings. The lowest BCUT2D eigenvalue weighted by Crippen LogP contribution is -2.15. The molecule has 1 N–H and O–H groups in total. The second kappa shape index (κ2) is 10.7. The molecule has 0 atom stereocenters. The van der Waals surface area contributed by atoms with Gasteiger partial charge >= 0.3 is 5.69 Å². The quantitative estimate of drug-likeness (QED) is 0.175. The fourth-order valence-electron chi connectivity index (χ4n) is 3.71. The third-order valence-electron chi connectivity index (χ3n) is 5.50. The Labute approximate surface area is 211 Å². The number of nitrogens with one attached hydrogen (secondary N) is 1. The Kier molecular flexibility index (Phi) is 7.44. The zero-order chi connectivity index (χ0) is 25.8. The van der Waals surface area contributed by atoms with E-state index in [1.807, 2.05) is 54.0 Å². The van der Waals surface area contributed by atoms with Crippen LogP contribution in [0.4, 0.5) is 15.8 Å². The van der Waals surface area contributed by atoms with Crippen LogP contribution in [0.5, 0.6) is 0 Å². The van der Waals surface area contributed by atoms with Crippen LogP contribution in [0.1, 0.15) is 30.9 Å². The average molecular weight is 506 g/mol. The lowest BCUT2D eigenvalue weighted by molar-refractivity contribution is -0.387. The molecule has 0 aliphatic rings. The number of nitro benzene ring substituents is 1. The van der Waals surface area contributed by atoms with E-state index in [0.29, 0.717) is 11.0 Å². The highest BCUT2D eigenvalue weighted by Gasteiger charge is 2.21. The van der Waals surface area contributed by atoms with Crippen molar-refractivity contribution in [1.29, 1.82) is 0 Å². The summed E-state index contributed by atoms with van der Waals surface area (Å²) < 4.78 is 15.6. The van der Waals surface area contributed by atoms with Crippen molar-refractivity contribution in [2.24, 2.45) is 0 Å². The van der Waals surface area contributed by atoms with Crippen LogP contribution in [0.2, 0.25) is 0 Å². The van der Waals surface area contributed by atoms with E-state index in [1.54, 1.807) is 0 Å².